The maximum absolute atomic E-state index is 13.5. The Hall–Kier alpha value is -1.46. The van der Waals surface area contributed by atoms with Crippen molar-refractivity contribution in [3.05, 3.63) is 51.9 Å². The third-order valence-corrected chi connectivity index (χ3v) is 3.59. The fourth-order valence-electron chi connectivity index (χ4n) is 1.89. The summed E-state index contributed by atoms with van der Waals surface area (Å²) < 4.78 is 19.5. The van der Waals surface area contributed by atoms with E-state index in [-0.39, 0.29) is 5.82 Å². The van der Waals surface area contributed by atoms with Crippen LogP contribution in [-0.2, 0) is 6.54 Å². The molecule has 0 atom stereocenters. The van der Waals surface area contributed by atoms with Gasteiger partial charge < -0.3 is 10.1 Å². The number of ether oxygens (including phenoxy) is 1. The Morgan fingerprint density at radius 2 is 2.14 bits per heavy atom. The number of pyridine rings is 1. The summed E-state index contributed by atoms with van der Waals surface area (Å²) in [5.74, 6) is 0.574. The highest BCUT2D eigenvalue weighted by atomic mass is 79.9. The van der Waals surface area contributed by atoms with Gasteiger partial charge in [0.05, 0.1) is 4.47 Å². The smallest absolute Gasteiger partial charge is 0.222 e. The highest BCUT2D eigenvalue weighted by Crippen LogP contribution is 2.26. The van der Waals surface area contributed by atoms with Gasteiger partial charge >= 0.3 is 0 Å². The Bertz CT molecular complexity index is 619. The lowest BCUT2D eigenvalue weighted by Gasteiger charge is -2.10. The first-order chi connectivity index (χ1) is 10.1. The summed E-state index contributed by atoms with van der Waals surface area (Å²) in [6.45, 7) is 5.83. The van der Waals surface area contributed by atoms with Gasteiger partial charge in [-0.25, -0.2) is 9.37 Å². The molecule has 0 saturated carbocycles. The molecule has 2 rings (SSSR count). The van der Waals surface area contributed by atoms with Gasteiger partial charge in [-0.15, -0.1) is 0 Å². The van der Waals surface area contributed by atoms with Crippen LogP contribution in [0.2, 0.25) is 0 Å². The van der Waals surface area contributed by atoms with Crippen LogP contribution in [-0.4, -0.2) is 11.5 Å². The average molecular weight is 353 g/mol. The van der Waals surface area contributed by atoms with E-state index in [0.717, 1.165) is 30.6 Å². The molecular weight excluding hydrogens is 335 g/mol. The molecule has 0 aliphatic carbocycles. The van der Waals surface area contributed by atoms with Gasteiger partial charge in [0.2, 0.25) is 5.88 Å². The molecule has 21 heavy (non-hydrogen) atoms. The molecule has 5 heteroatoms. The standard InChI is InChI=1S/C16H18BrFN2O/c1-3-6-19-9-12-7-11(2)16(20-10-12)21-13-4-5-14(17)15(18)8-13/h4-5,7-8,10,19H,3,6,9H2,1-2H3. The van der Waals surface area contributed by atoms with Crippen molar-refractivity contribution < 1.29 is 9.13 Å². The van der Waals surface area contributed by atoms with E-state index in [0.29, 0.717) is 16.1 Å². The van der Waals surface area contributed by atoms with E-state index >= 15 is 0 Å². The van der Waals surface area contributed by atoms with Crippen molar-refractivity contribution in [2.24, 2.45) is 0 Å². The van der Waals surface area contributed by atoms with Crippen molar-refractivity contribution in [2.75, 3.05) is 6.54 Å². The third kappa shape index (κ3) is 4.51. The monoisotopic (exact) mass is 352 g/mol. The molecule has 0 aliphatic rings. The number of aromatic nitrogens is 1. The predicted octanol–water partition coefficient (Wildman–Crippen LogP) is 4.58. The van der Waals surface area contributed by atoms with Gasteiger partial charge in [0.1, 0.15) is 11.6 Å². The van der Waals surface area contributed by atoms with Crippen LogP contribution in [0.5, 0.6) is 11.6 Å². The quantitative estimate of drug-likeness (QED) is 0.772. The van der Waals surface area contributed by atoms with E-state index in [9.17, 15) is 4.39 Å². The van der Waals surface area contributed by atoms with E-state index in [1.807, 2.05) is 13.0 Å². The average Bonchev–Trinajstić information content (AvgIpc) is 2.46. The van der Waals surface area contributed by atoms with Gasteiger partial charge in [-0.2, -0.15) is 0 Å². The normalized spacial score (nSPS) is 10.7. The van der Waals surface area contributed by atoms with Gasteiger partial charge in [-0.1, -0.05) is 6.92 Å². The lowest BCUT2D eigenvalue weighted by atomic mass is 10.2. The first kappa shape index (κ1) is 15.9. The SMILES string of the molecule is CCCNCc1cnc(Oc2ccc(Br)c(F)c2)c(C)c1. The first-order valence-corrected chi connectivity index (χ1v) is 7.68. The van der Waals surface area contributed by atoms with Crippen LogP contribution in [0.25, 0.3) is 0 Å². The number of hydrogen-bond donors (Lipinski definition) is 1. The second-order valence-corrected chi connectivity index (χ2v) is 5.67. The summed E-state index contributed by atoms with van der Waals surface area (Å²) >= 11 is 3.12. The van der Waals surface area contributed by atoms with Gasteiger partial charge in [0.25, 0.3) is 0 Å². The van der Waals surface area contributed by atoms with E-state index in [1.54, 1.807) is 18.3 Å². The molecule has 1 aromatic carbocycles. The summed E-state index contributed by atoms with van der Waals surface area (Å²) in [6, 6.07) is 6.68. The zero-order valence-corrected chi connectivity index (χ0v) is 13.7. The highest BCUT2D eigenvalue weighted by Gasteiger charge is 2.07. The topological polar surface area (TPSA) is 34.2 Å². The van der Waals surface area contributed by atoms with Crippen LogP contribution < -0.4 is 10.1 Å². The van der Waals surface area contributed by atoms with Crippen LogP contribution in [0.1, 0.15) is 24.5 Å². The van der Waals surface area contributed by atoms with Crippen molar-refractivity contribution in [3.8, 4) is 11.6 Å². The largest absolute Gasteiger partial charge is 0.439 e. The number of rotatable bonds is 6. The number of nitrogens with one attached hydrogen (secondary N) is 1. The molecule has 3 nitrogen and oxygen atoms in total. The second-order valence-electron chi connectivity index (χ2n) is 4.82. The summed E-state index contributed by atoms with van der Waals surface area (Å²) in [6.07, 6.45) is 2.88. The molecule has 112 valence electrons. The van der Waals surface area contributed by atoms with Crippen LogP contribution >= 0.6 is 15.9 Å². The minimum absolute atomic E-state index is 0.356. The second kappa shape index (κ2) is 7.52. The summed E-state index contributed by atoms with van der Waals surface area (Å²) in [7, 11) is 0. The van der Waals surface area contributed by atoms with Crippen LogP contribution in [0, 0.1) is 12.7 Å². The maximum atomic E-state index is 13.5. The van der Waals surface area contributed by atoms with Crippen LogP contribution in [0.3, 0.4) is 0 Å². The lowest BCUT2D eigenvalue weighted by molar-refractivity contribution is 0.453. The van der Waals surface area contributed by atoms with Crippen molar-refractivity contribution in [3.63, 3.8) is 0 Å². The number of nitrogens with zero attached hydrogens (tertiary/aromatic N) is 1. The fraction of sp³-hybridized carbons (Fsp3) is 0.312. The predicted molar refractivity (Wildman–Crippen MR) is 85.1 cm³/mol. The number of hydrogen-bond acceptors (Lipinski definition) is 3. The van der Waals surface area contributed by atoms with Crippen molar-refractivity contribution in [2.45, 2.75) is 26.8 Å². The Morgan fingerprint density at radius 1 is 1.33 bits per heavy atom. The fourth-order valence-corrected chi connectivity index (χ4v) is 2.13. The minimum Gasteiger partial charge on any atom is -0.439 e. The molecule has 0 fully saturated rings. The minimum atomic E-state index is -0.356. The number of halogens is 2. The van der Waals surface area contributed by atoms with Crippen LogP contribution in [0.15, 0.2) is 34.9 Å². The lowest BCUT2D eigenvalue weighted by Crippen LogP contribution is -2.14. The van der Waals surface area contributed by atoms with E-state index in [1.165, 1.54) is 6.07 Å². The molecule has 0 bridgehead atoms. The molecule has 0 spiro atoms. The zero-order valence-electron chi connectivity index (χ0n) is 12.1. The molecule has 0 saturated heterocycles. The Balaban J connectivity index is 2.08. The van der Waals surface area contributed by atoms with E-state index < -0.39 is 0 Å². The maximum Gasteiger partial charge on any atom is 0.222 e. The molecule has 0 unspecified atom stereocenters. The van der Waals surface area contributed by atoms with Crippen molar-refractivity contribution >= 4 is 15.9 Å². The van der Waals surface area contributed by atoms with Gasteiger partial charge in [0, 0.05) is 24.4 Å². The molecule has 2 aromatic rings. The number of aryl methyl sites for hydroxylation is 1. The molecule has 1 aromatic heterocycles. The van der Waals surface area contributed by atoms with Crippen LogP contribution in [0.4, 0.5) is 4.39 Å². The Morgan fingerprint density at radius 3 is 2.81 bits per heavy atom. The van der Waals surface area contributed by atoms with Gasteiger partial charge in [-0.3, -0.25) is 0 Å². The molecule has 1 heterocycles. The Kier molecular flexibility index (Phi) is 5.70. The molecule has 1 N–H and O–H groups in total. The summed E-state index contributed by atoms with van der Waals surface area (Å²) in [5, 5.41) is 3.33. The zero-order chi connectivity index (χ0) is 15.2. The van der Waals surface area contributed by atoms with Crippen molar-refractivity contribution in [1.82, 2.24) is 10.3 Å². The van der Waals surface area contributed by atoms with Gasteiger partial charge in [0.15, 0.2) is 0 Å². The summed E-state index contributed by atoms with van der Waals surface area (Å²) in [4.78, 5) is 4.31. The Labute approximate surface area is 132 Å². The highest BCUT2D eigenvalue weighted by molar-refractivity contribution is 9.10. The molecule has 0 amide bonds. The molecular formula is C16H18BrFN2O. The molecule has 0 aliphatic heterocycles. The third-order valence-electron chi connectivity index (χ3n) is 2.95. The summed E-state index contributed by atoms with van der Waals surface area (Å²) in [5.41, 5.74) is 2.03. The van der Waals surface area contributed by atoms with E-state index in [2.05, 4.69) is 33.2 Å². The van der Waals surface area contributed by atoms with Gasteiger partial charge in [-0.05, 0) is 59.6 Å². The van der Waals surface area contributed by atoms with Crippen molar-refractivity contribution in [1.29, 1.82) is 0 Å². The molecule has 0 radical (unpaired) electrons. The first-order valence-electron chi connectivity index (χ1n) is 6.89. The number of benzene rings is 1. The van der Waals surface area contributed by atoms with E-state index in [4.69, 9.17) is 4.74 Å².